The summed E-state index contributed by atoms with van der Waals surface area (Å²) in [5.41, 5.74) is 7.02. The molecule has 0 N–H and O–H groups in total. The maximum absolute atomic E-state index is 6.47. The molecular formula is C25H35N3O. The van der Waals surface area contributed by atoms with Crippen molar-refractivity contribution in [3.8, 4) is 11.6 Å². The van der Waals surface area contributed by atoms with Crippen LogP contribution in [0.2, 0.25) is 0 Å². The van der Waals surface area contributed by atoms with Gasteiger partial charge in [-0.3, -0.25) is 0 Å². The molecular weight excluding hydrogens is 358 g/mol. The number of aromatic nitrogens is 3. The molecule has 0 amide bonds. The molecule has 0 atom stereocenters. The molecule has 0 saturated carbocycles. The lowest BCUT2D eigenvalue weighted by Gasteiger charge is -2.21. The van der Waals surface area contributed by atoms with E-state index in [9.17, 15) is 0 Å². The van der Waals surface area contributed by atoms with Crippen molar-refractivity contribution in [1.82, 2.24) is 14.5 Å². The molecule has 0 aliphatic carbocycles. The second-order valence-corrected chi connectivity index (χ2v) is 8.42. The molecule has 0 fully saturated rings. The fraction of sp³-hybridized carbons (Fsp3) is 0.520. The van der Waals surface area contributed by atoms with E-state index in [0.717, 1.165) is 59.4 Å². The van der Waals surface area contributed by atoms with Gasteiger partial charge in [0.1, 0.15) is 17.2 Å². The summed E-state index contributed by atoms with van der Waals surface area (Å²) in [5, 5.41) is 1.05. The van der Waals surface area contributed by atoms with E-state index in [2.05, 4.69) is 65.2 Å². The van der Waals surface area contributed by atoms with Crippen LogP contribution in [0.1, 0.15) is 79.3 Å². The molecule has 4 nitrogen and oxygen atoms in total. The van der Waals surface area contributed by atoms with Gasteiger partial charge in [-0.2, -0.15) is 4.98 Å². The van der Waals surface area contributed by atoms with Crippen molar-refractivity contribution < 1.29 is 4.74 Å². The molecule has 1 aromatic carbocycles. The second-order valence-electron chi connectivity index (χ2n) is 8.42. The Labute approximate surface area is 175 Å². The molecule has 29 heavy (non-hydrogen) atoms. The molecule has 0 saturated heterocycles. The zero-order valence-corrected chi connectivity index (χ0v) is 19.3. The van der Waals surface area contributed by atoms with Crippen molar-refractivity contribution in [2.45, 2.75) is 87.1 Å². The van der Waals surface area contributed by atoms with Crippen molar-refractivity contribution in [2.24, 2.45) is 0 Å². The molecule has 0 bridgehead atoms. The van der Waals surface area contributed by atoms with E-state index in [0.29, 0.717) is 11.9 Å². The van der Waals surface area contributed by atoms with E-state index in [1.54, 1.807) is 0 Å². The zero-order valence-electron chi connectivity index (χ0n) is 19.3. The van der Waals surface area contributed by atoms with Crippen LogP contribution in [0, 0.1) is 41.5 Å². The quantitative estimate of drug-likeness (QED) is 0.425. The predicted molar refractivity (Wildman–Crippen MR) is 121 cm³/mol. The fourth-order valence-electron chi connectivity index (χ4n) is 4.57. The first-order chi connectivity index (χ1) is 13.8. The monoisotopic (exact) mass is 393 g/mol. The third-order valence-corrected chi connectivity index (χ3v) is 5.89. The molecule has 0 aliphatic heterocycles. The standard InChI is InChI=1S/C25H35N3O/c1-9-11-21(12-10-2)28-19(7)18(6)22-24(28)26-20(8)27-25(22)29-23-16(4)13-15(3)14-17(23)5/h13-14,21H,9-12H2,1-8H3. The lowest BCUT2D eigenvalue weighted by atomic mass is 10.1. The highest BCUT2D eigenvalue weighted by atomic mass is 16.5. The summed E-state index contributed by atoms with van der Waals surface area (Å²) in [7, 11) is 0. The van der Waals surface area contributed by atoms with Gasteiger partial charge in [0.15, 0.2) is 0 Å². The summed E-state index contributed by atoms with van der Waals surface area (Å²) >= 11 is 0. The van der Waals surface area contributed by atoms with Crippen molar-refractivity contribution in [3.05, 3.63) is 45.9 Å². The number of nitrogens with zero attached hydrogens (tertiary/aromatic N) is 3. The topological polar surface area (TPSA) is 39.9 Å². The minimum absolute atomic E-state index is 0.464. The Morgan fingerprint density at radius 1 is 0.897 bits per heavy atom. The predicted octanol–water partition coefficient (Wildman–Crippen LogP) is 7.22. The van der Waals surface area contributed by atoms with Gasteiger partial charge in [-0.05, 0) is 71.1 Å². The number of fused-ring (bicyclic) bond motifs is 1. The van der Waals surface area contributed by atoms with Gasteiger partial charge in [0.25, 0.3) is 0 Å². The van der Waals surface area contributed by atoms with Crippen LogP contribution >= 0.6 is 0 Å². The van der Waals surface area contributed by atoms with Crippen molar-refractivity contribution in [2.75, 3.05) is 0 Å². The molecule has 2 heterocycles. The third-order valence-electron chi connectivity index (χ3n) is 5.89. The van der Waals surface area contributed by atoms with Gasteiger partial charge in [-0.25, -0.2) is 4.98 Å². The molecule has 3 aromatic rings. The highest BCUT2D eigenvalue weighted by molar-refractivity contribution is 5.87. The van der Waals surface area contributed by atoms with E-state index in [-0.39, 0.29) is 0 Å². The lowest BCUT2D eigenvalue weighted by molar-refractivity contribution is 0.428. The van der Waals surface area contributed by atoms with E-state index < -0.39 is 0 Å². The number of rotatable bonds is 7. The van der Waals surface area contributed by atoms with Crippen LogP contribution < -0.4 is 4.74 Å². The van der Waals surface area contributed by atoms with E-state index in [1.165, 1.54) is 16.8 Å². The van der Waals surface area contributed by atoms with Crippen molar-refractivity contribution in [3.63, 3.8) is 0 Å². The van der Waals surface area contributed by atoms with Gasteiger partial charge in [0, 0.05) is 11.7 Å². The molecule has 2 aromatic heterocycles. The number of benzene rings is 1. The molecule has 3 rings (SSSR count). The van der Waals surface area contributed by atoms with Crippen LogP contribution in [0.25, 0.3) is 11.0 Å². The van der Waals surface area contributed by atoms with Gasteiger partial charge in [0.2, 0.25) is 5.88 Å². The van der Waals surface area contributed by atoms with Crippen LogP contribution in [-0.4, -0.2) is 14.5 Å². The minimum atomic E-state index is 0.464. The largest absolute Gasteiger partial charge is 0.438 e. The van der Waals surface area contributed by atoms with Gasteiger partial charge >= 0.3 is 0 Å². The highest BCUT2D eigenvalue weighted by Crippen LogP contribution is 2.38. The van der Waals surface area contributed by atoms with Gasteiger partial charge in [-0.15, -0.1) is 0 Å². The summed E-state index contributed by atoms with van der Waals surface area (Å²) in [4.78, 5) is 9.60. The first kappa shape index (κ1) is 21.4. The maximum Gasteiger partial charge on any atom is 0.232 e. The maximum atomic E-state index is 6.47. The van der Waals surface area contributed by atoms with Gasteiger partial charge in [0.05, 0.1) is 5.39 Å². The van der Waals surface area contributed by atoms with E-state index in [1.807, 2.05) is 6.92 Å². The summed E-state index contributed by atoms with van der Waals surface area (Å²) in [6.07, 6.45) is 4.65. The zero-order chi connectivity index (χ0) is 21.3. The Hall–Kier alpha value is -2.36. The third kappa shape index (κ3) is 4.03. The molecule has 0 radical (unpaired) electrons. The minimum Gasteiger partial charge on any atom is -0.438 e. The van der Waals surface area contributed by atoms with Crippen LogP contribution in [0.5, 0.6) is 11.6 Å². The van der Waals surface area contributed by atoms with Gasteiger partial charge in [-0.1, -0.05) is 44.4 Å². The highest BCUT2D eigenvalue weighted by Gasteiger charge is 2.23. The molecule has 0 unspecified atom stereocenters. The van der Waals surface area contributed by atoms with Gasteiger partial charge < -0.3 is 9.30 Å². The number of hydrogen-bond donors (Lipinski definition) is 0. The molecule has 0 aliphatic rings. The first-order valence-electron chi connectivity index (χ1n) is 10.9. The van der Waals surface area contributed by atoms with Crippen LogP contribution in [-0.2, 0) is 0 Å². The number of aryl methyl sites for hydroxylation is 5. The fourth-order valence-corrected chi connectivity index (χ4v) is 4.57. The Morgan fingerprint density at radius 3 is 2.03 bits per heavy atom. The summed E-state index contributed by atoms with van der Waals surface area (Å²) in [5.74, 6) is 2.33. The average Bonchev–Trinajstić information content (AvgIpc) is 2.88. The van der Waals surface area contributed by atoms with E-state index >= 15 is 0 Å². The summed E-state index contributed by atoms with van der Waals surface area (Å²) in [6.45, 7) is 17.2. The Balaban J connectivity index is 2.22. The normalized spacial score (nSPS) is 11.6. The molecule has 4 heteroatoms. The van der Waals surface area contributed by atoms with Crippen LogP contribution in [0.3, 0.4) is 0 Å². The molecule has 156 valence electrons. The number of ether oxygens (including phenoxy) is 1. The first-order valence-corrected chi connectivity index (χ1v) is 10.9. The van der Waals surface area contributed by atoms with Crippen LogP contribution in [0.15, 0.2) is 12.1 Å². The second kappa shape index (κ2) is 8.56. The lowest BCUT2D eigenvalue weighted by Crippen LogP contribution is -2.11. The Kier molecular flexibility index (Phi) is 6.30. The summed E-state index contributed by atoms with van der Waals surface area (Å²) < 4.78 is 8.91. The van der Waals surface area contributed by atoms with Crippen LogP contribution in [0.4, 0.5) is 0 Å². The Bertz CT molecular complexity index is 1000. The van der Waals surface area contributed by atoms with Crippen molar-refractivity contribution in [1.29, 1.82) is 0 Å². The Morgan fingerprint density at radius 2 is 1.48 bits per heavy atom. The summed E-state index contributed by atoms with van der Waals surface area (Å²) in [6, 6.07) is 4.79. The smallest absolute Gasteiger partial charge is 0.232 e. The molecule has 0 spiro atoms. The SMILES string of the molecule is CCCC(CCC)n1c(C)c(C)c2c(Oc3c(C)cc(C)cc3C)nc(C)nc21. The van der Waals surface area contributed by atoms with E-state index in [4.69, 9.17) is 14.7 Å². The van der Waals surface area contributed by atoms with Crippen molar-refractivity contribution >= 4 is 11.0 Å². The number of hydrogen-bond acceptors (Lipinski definition) is 3. The average molecular weight is 394 g/mol.